The Bertz CT molecular complexity index is 544. The van der Waals surface area contributed by atoms with Gasteiger partial charge in [0.25, 0.3) is 0 Å². The first-order chi connectivity index (χ1) is 11.0. The van der Waals surface area contributed by atoms with Crippen LogP contribution in [0.25, 0.3) is 0 Å². The topological polar surface area (TPSA) is 64.3 Å². The summed E-state index contributed by atoms with van der Waals surface area (Å²) in [5, 5.41) is 2.92. The summed E-state index contributed by atoms with van der Waals surface area (Å²) >= 11 is 6.00. The minimum absolute atomic E-state index is 0.0698. The van der Waals surface area contributed by atoms with E-state index in [0.29, 0.717) is 18.9 Å². The molecule has 3 N–H and O–H groups in total. The highest BCUT2D eigenvalue weighted by atomic mass is 35.5. The van der Waals surface area contributed by atoms with Crippen molar-refractivity contribution in [3.63, 3.8) is 0 Å². The quantitative estimate of drug-likeness (QED) is 0.533. The molecule has 1 aromatic carbocycles. The molecule has 0 saturated heterocycles. The first-order valence-electron chi connectivity index (χ1n) is 7.94. The first kappa shape index (κ1) is 19.4. The van der Waals surface area contributed by atoms with Crippen LogP contribution in [0.15, 0.2) is 30.1 Å². The standard InChI is InChI=1S/C18H27ClN2O2/c1-4-23-18(22)10-15(7-8-17(20)12-21-3)14-6-5-13(2)16(9-14)11-19/h5-6,9,12,15,21H,4,7-8,10-11,20H2,1-3H3/b17-12-. The van der Waals surface area contributed by atoms with Gasteiger partial charge in [-0.3, -0.25) is 4.79 Å². The Morgan fingerprint density at radius 2 is 2.22 bits per heavy atom. The summed E-state index contributed by atoms with van der Waals surface area (Å²) in [6.45, 7) is 4.25. The second-order valence-electron chi connectivity index (χ2n) is 5.57. The van der Waals surface area contributed by atoms with Gasteiger partial charge in [0.15, 0.2) is 0 Å². The maximum absolute atomic E-state index is 11.9. The van der Waals surface area contributed by atoms with Crippen LogP contribution in [-0.2, 0) is 15.4 Å². The average molecular weight is 339 g/mol. The second-order valence-corrected chi connectivity index (χ2v) is 5.84. The Morgan fingerprint density at radius 3 is 2.83 bits per heavy atom. The predicted octanol–water partition coefficient (Wildman–Crippen LogP) is 3.57. The van der Waals surface area contributed by atoms with Crippen LogP contribution in [0.4, 0.5) is 0 Å². The molecule has 0 bridgehead atoms. The number of halogens is 1. The molecule has 0 radical (unpaired) electrons. The lowest BCUT2D eigenvalue weighted by Gasteiger charge is -2.18. The van der Waals surface area contributed by atoms with Gasteiger partial charge in [0.05, 0.1) is 13.0 Å². The highest BCUT2D eigenvalue weighted by Gasteiger charge is 2.18. The smallest absolute Gasteiger partial charge is 0.306 e. The van der Waals surface area contributed by atoms with Gasteiger partial charge in [0, 0.05) is 24.8 Å². The number of hydrogen-bond donors (Lipinski definition) is 2. The number of alkyl halides is 1. The van der Waals surface area contributed by atoms with Gasteiger partial charge >= 0.3 is 5.97 Å². The number of benzene rings is 1. The van der Waals surface area contributed by atoms with Crippen molar-refractivity contribution in [2.45, 2.75) is 44.9 Å². The molecule has 1 rings (SSSR count). The molecule has 0 aliphatic carbocycles. The normalized spacial score (nSPS) is 12.8. The lowest BCUT2D eigenvalue weighted by Crippen LogP contribution is -2.13. The van der Waals surface area contributed by atoms with Crippen LogP contribution in [0.2, 0.25) is 0 Å². The summed E-state index contributed by atoms with van der Waals surface area (Å²) in [6, 6.07) is 6.20. The molecule has 5 heteroatoms. The number of nitrogens with one attached hydrogen (secondary N) is 1. The van der Waals surface area contributed by atoms with Crippen LogP contribution in [0, 0.1) is 6.92 Å². The fourth-order valence-corrected chi connectivity index (χ4v) is 2.78. The average Bonchev–Trinajstić information content (AvgIpc) is 2.52. The summed E-state index contributed by atoms with van der Waals surface area (Å²) in [4.78, 5) is 11.9. The third kappa shape index (κ3) is 6.53. The summed E-state index contributed by atoms with van der Waals surface area (Å²) in [5.41, 5.74) is 10.1. The maximum Gasteiger partial charge on any atom is 0.306 e. The van der Waals surface area contributed by atoms with Crippen LogP contribution in [0.5, 0.6) is 0 Å². The molecule has 1 atom stereocenters. The zero-order chi connectivity index (χ0) is 17.2. The molecule has 0 heterocycles. The van der Waals surface area contributed by atoms with E-state index in [9.17, 15) is 4.79 Å². The second kappa shape index (κ2) is 10.2. The Labute approximate surface area is 144 Å². The lowest BCUT2D eigenvalue weighted by atomic mass is 9.89. The SMILES string of the molecule is CCOC(=O)CC(CC/C(N)=C/NC)c1ccc(C)c(CCl)c1. The molecule has 0 fully saturated rings. The Hall–Kier alpha value is -1.68. The molecule has 0 spiro atoms. The maximum atomic E-state index is 11.9. The number of rotatable bonds is 9. The minimum Gasteiger partial charge on any atom is -0.466 e. The van der Waals surface area contributed by atoms with Crippen molar-refractivity contribution >= 4 is 17.6 Å². The third-order valence-corrected chi connectivity index (χ3v) is 4.11. The number of esters is 1. The zero-order valence-electron chi connectivity index (χ0n) is 14.2. The van der Waals surface area contributed by atoms with Crippen molar-refractivity contribution in [3.8, 4) is 0 Å². The Balaban J connectivity index is 2.93. The van der Waals surface area contributed by atoms with E-state index in [0.717, 1.165) is 35.2 Å². The minimum atomic E-state index is -0.179. The van der Waals surface area contributed by atoms with Gasteiger partial charge in [0.1, 0.15) is 0 Å². The van der Waals surface area contributed by atoms with E-state index >= 15 is 0 Å². The predicted molar refractivity (Wildman–Crippen MR) is 95.3 cm³/mol. The molecule has 1 unspecified atom stereocenters. The lowest BCUT2D eigenvalue weighted by molar-refractivity contribution is -0.143. The molecule has 0 aromatic heterocycles. The number of nitrogens with two attached hydrogens (primary N) is 1. The van der Waals surface area contributed by atoms with E-state index in [-0.39, 0.29) is 11.9 Å². The van der Waals surface area contributed by atoms with Crippen molar-refractivity contribution in [2.75, 3.05) is 13.7 Å². The van der Waals surface area contributed by atoms with Crippen LogP contribution < -0.4 is 11.1 Å². The fraction of sp³-hybridized carbons (Fsp3) is 0.500. The van der Waals surface area contributed by atoms with Gasteiger partial charge in [-0.1, -0.05) is 18.2 Å². The van der Waals surface area contributed by atoms with Crippen molar-refractivity contribution in [1.29, 1.82) is 0 Å². The summed E-state index contributed by atoms with van der Waals surface area (Å²) in [5.74, 6) is 0.357. The van der Waals surface area contributed by atoms with E-state index in [1.807, 2.05) is 20.9 Å². The van der Waals surface area contributed by atoms with Crippen molar-refractivity contribution in [3.05, 3.63) is 46.8 Å². The monoisotopic (exact) mass is 338 g/mol. The highest BCUT2D eigenvalue weighted by molar-refractivity contribution is 6.17. The number of ether oxygens (including phenoxy) is 1. The number of carbonyl (C=O) groups is 1. The molecule has 0 amide bonds. The summed E-state index contributed by atoms with van der Waals surface area (Å²) in [7, 11) is 1.82. The number of carbonyl (C=O) groups excluding carboxylic acids is 1. The van der Waals surface area contributed by atoms with E-state index < -0.39 is 0 Å². The van der Waals surface area contributed by atoms with Gasteiger partial charge < -0.3 is 15.8 Å². The highest BCUT2D eigenvalue weighted by Crippen LogP contribution is 2.28. The van der Waals surface area contributed by atoms with E-state index in [1.54, 1.807) is 6.20 Å². The van der Waals surface area contributed by atoms with Crippen molar-refractivity contribution in [1.82, 2.24) is 5.32 Å². The van der Waals surface area contributed by atoms with Gasteiger partial charge in [-0.2, -0.15) is 0 Å². The molecular formula is C18H27ClN2O2. The zero-order valence-corrected chi connectivity index (χ0v) is 15.0. The Morgan fingerprint density at radius 1 is 1.48 bits per heavy atom. The van der Waals surface area contributed by atoms with Crippen LogP contribution in [0.3, 0.4) is 0 Å². The van der Waals surface area contributed by atoms with Crippen molar-refractivity contribution in [2.24, 2.45) is 5.73 Å². The molecule has 128 valence electrons. The largest absolute Gasteiger partial charge is 0.466 e. The van der Waals surface area contributed by atoms with Crippen molar-refractivity contribution < 1.29 is 9.53 Å². The van der Waals surface area contributed by atoms with Gasteiger partial charge in [0.2, 0.25) is 0 Å². The molecule has 4 nitrogen and oxygen atoms in total. The van der Waals surface area contributed by atoms with Gasteiger partial charge in [-0.25, -0.2) is 0 Å². The van der Waals surface area contributed by atoms with E-state index in [2.05, 4.69) is 23.5 Å². The molecule has 0 aliphatic heterocycles. The van der Waals surface area contributed by atoms with Gasteiger partial charge in [-0.15, -0.1) is 11.6 Å². The van der Waals surface area contributed by atoms with Gasteiger partial charge in [-0.05, 0) is 49.3 Å². The van der Waals surface area contributed by atoms with Crippen LogP contribution >= 0.6 is 11.6 Å². The Kier molecular flexibility index (Phi) is 8.56. The van der Waals surface area contributed by atoms with E-state index in [1.165, 1.54) is 0 Å². The van der Waals surface area contributed by atoms with Crippen LogP contribution in [-0.4, -0.2) is 19.6 Å². The number of allylic oxidation sites excluding steroid dienone is 1. The molecular weight excluding hydrogens is 312 g/mol. The first-order valence-corrected chi connectivity index (χ1v) is 8.48. The summed E-state index contributed by atoms with van der Waals surface area (Å²) in [6.07, 6.45) is 3.63. The fourth-order valence-electron chi connectivity index (χ4n) is 2.50. The third-order valence-electron chi connectivity index (χ3n) is 3.82. The van der Waals surface area contributed by atoms with Crippen LogP contribution in [0.1, 0.15) is 48.8 Å². The number of hydrogen-bond acceptors (Lipinski definition) is 4. The van der Waals surface area contributed by atoms with E-state index in [4.69, 9.17) is 22.1 Å². The molecule has 23 heavy (non-hydrogen) atoms. The summed E-state index contributed by atoms with van der Waals surface area (Å²) < 4.78 is 5.11. The molecule has 0 saturated carbocycles. The molecule has 1 aromatic rings. The number of aryl methyl sites for hydroxylation is 1. The molecule has 0 aliphatic rings.